The molecule has 0 N–H and O–H groups in total. The number of halogens is 1. The zero-order valence-electron chi connectivity index (χ0n) is 19.4. The number of fused-ring (bicyclic) bond motifs is 1. The Labute approximate surface area is 199 Å². The van der Waals surface area contributed by atoms with Crippen molar-refractivity contribution in [1.82, 2.24) is 14.7 Å². The number of likely N-dealkylation sites (tertiary alicyclic amines) is 1. The highest BCUT2D eigenvalue weighted by molar-refractivity contribution is 5.83. The summed E-state index contributed by atoms with van der Waals surface area (Å²) < 4.78 is 15.1. The fraction of sp³-hybridized carbons (Fsp3) is 0.310. The molecule has 1 saturated heterocycles. The van der Waals surface area contributed by atoms with E-state index in [1.807, 2.05) is 24.3 Å². The topological polar surface area (TPSA) is 38.1 Å². The number of nitrogens with zero attached hydrogens (tertiary/aromatic N) is 3. The van der Waals surface area contributed by atoms with E-state index >= 15 is 0 Å². The molecule has 4 aromatic rings. The predicted molar refractivity (Wildman–Crippen MR) is 135 cm³/mol. The minimum absolute atomic E-state index is 0.0128. The monoisotopic (exact) mass is 455 g/mol. The lowest BCUT2D eigenvalue weighted by molar-refractivity contribution is 0.281. The van der Waals surface area contributed by atoms with Gasteiger partial charge in [0.1, 0.15) is 5.82 Å². The van der Waals surface area contributed by atoms with Crippen molar-refractivity contribution < 1.29 is 4.39 Å². The first-order valence-corrected chi connectivity index (χ1v) is 12.2. The van der Waals surface area contributed by atoms with Crippen LogP contribution in [0.2, 0.25) is 0 Å². The van der Waals surface area contributed by atoms with Gasteiger partial charge in [0.25, 0.3) is 5.56 Å². The van der Waals surface area contributed by atoms with Crippen LogP contribution < -0.4 is 5.56 Å². The lowest BCUT2D eigenvalue weighted by Gasteiger charge is -2.21. The second-order valence-electron chi connectivity index (χ2n) is 9.21. The minimum atomic E-state index is -0.248. The summed E-state index contributed by atoms with van der Waals surface area (Å²) in [7, 11) is 0. The van der Waals surface area contributed by atoms with Crippen LogP contribution in [-0.4, -0.2) is 34.3 Å². The summed E-state index contributed by atoms with van der Waals surface area (Å²) in [5, 5.41) is 6.48. The molecule has 34 heavy (non-hydrogen) atoms. The van der Waals surface area contributed by atoms with Crippen molar-refractivity contribution in [1.29, 1.82) is 0 Å². The highest BCUT2D eigenvalue weighted by Gasteiger charge is 2.22. The lowest BCUT2D eigenvalue weighted by Crippen LogP contribution is -2.30. The number of benzene rings is 3. The average molecular weight is 456 g/mol. The molecule has 1 aliphatic heterocycles. The molecule has 0 radical (unpaired) electrons. The molecule has 0 saturated carbocycles. The van der Waals surface area contributed by atoms with E-state index in [9.17, 15) is 9.18 Å². The molecule has 5 heteroatoms. The molecule has 0 bridgehead atoms. The summed E-state index contributed by atoms with van der Waals surface area (Å²) in [5.41, 5.74) is 3.20. The first-order valence-electron chi connectivity index (χ1n) is 12.2. The molecule has 0 unspecified atom stereocenters. The van der Waals surface area contributed by atoms with Crippen LogP contribution in [0.4, 0.5) is 4.39 Å². The van der Waals surface area contributed by atoms with Gasteiger partial charge in [-0.15, -0.1) is 0 Å². The van der Waals surface area contributed by atoms with Gasteiger partial charge in [-0.25, -0.2) is 9.07 Å². The van der Waals surface area contributed by atoms with E-state index < -0.39 is 0 Å². The largest absolute Gasteiger partial charge is 0.303 e. The van der Waals surface area contributed by atoms with E-state index in [0.29, 0.717) is 11.8 Å². The fourth-order valence-corrected chi connectivity index (χ4v) is 4.99. The van der Waals surface area contributed by atoms with E-state index in [4.69, 9.17) is 5.10 Å². The number of aromatic nitrogens is 2. The maximum atomic E-state index is 13.4. The van der Waals surface area contributed by atoms with Gasteiger partial charge in [0.15, 0.2) is 0 Å². The maximum Gasteiger partial charge on any atom is 0.274 e. The summed E-state index contributed by atoms with van der Waals surface area (Å²) >= 11 is 0. The Balaban J connectivity index is 1.38. The van der Waals surface area contributed by atoms with Gasteiger partial charge in [-0.2, -0.15) is 5.10 Å². The summed E-state index contributed by atoms with van der Waals surface area (Å²) in [6.07, 6.45) is 4.52. The van der Waals surface area contributed by atoms with E-state index in [2.05, 4.69) is 35.2 Å². The van der Waals surface area contributed by atoms with Gasteiger partial charge in [-0.05, 0) is 61.6 Å². The third kappa shape index (κ3) is 5.10. The Hall–Kier alpha value is -3.31. The lowest BCUT2D eigenvalue weighted by atomic mass is 10.0. The molecule has 0 amide bonds. The van der Waals surface area contributed by atoms with Crippen molar-refractivity contribution in [2.45, 2.75) is 38.1 Å². The number of hydrogen-bond donors (Lipinski definition) is 0. The second-order valence-corrected chi connectivity index (χ2v) is 9.21. The third-order valence-corrected chi connectivity index (χ3v) is 6.89. The molecule has 0 spiro atoms. The molecule has 1 fully saturated rings. The SMILES string of the molecule is O=c1c2ccccc2c(Cc2ccc(F)cc2)nn1[C@@H]1CCCN(CCc2ccccc2)CC1. The van der Waals surface area contributed by atoms with E-state index in [1.165, 1.54) is 17.7 Å². The predicted octanol–water partition coefficient (Wildman–Crippen LogP) is 5.40. The van der Waals surface area contributed by atoms with Crippen molar-refractivity contribution in [2.24, 2.45) is 0 Å². The van der Waals surface area contributed by atoms with Crippen LogP contribution in [0.3, 0.4) is 0 Å². The smallest absolute Gasteiger partial charge is 0.274 e. The van der Waals surface area contributed by atoms with Crippen molar-refractivity contribution in [2.75, 3.05) is 19.6 Å². The molecule has 174 valence electrons. The Morgan fingerprint density at radius 2 is 1.56 bits per heavy atom. The van der Waals surface area contributed by atoms with Gasteiger partial charge < -0.3 is 4.90 Å². The normalized spacial score (nSPS) is 17.0. The summed E-state index contributed by atoms with van der Waals surface area (Å²) in [6.45, 7) is 3.05. The molecule has 4 nitrogen and oxygen atoms in total. The summed E-state index contributed by atoms with van der Waals surface area (Å²) in [6, 6.07) is 24.9. The van der Waals surface area contributed by atoms with Gasteiger partial charge in [0.05, 0.1) is 17.1 Å². The second kappa shape index (κ2) is 10.3. The minimum Gasteiger partial charge on any atom is -0.303 e. The van der Waals surface area contributed by atoms with Gasteiger partial charge in [-0.3, -0.25) is 4.79 Å². The standard InChI is InChI=1S/C29H30FN3O/c30-24-14-12-23(13-15-24)21-28-26-10-4-5-11-27(26)29(34)33(31-28)25-9-6-18-32(20-17-25)19-16-22-7-2-1-3-8-22/h1-5,7-8,10-15,25H,6,9,16-21H2/t25-/m1/s1. The molecule has 1 aliphatic rings. The average Bonchev–Trinajstić information content (AvgIpc) is 3.12. The molecule has 5 rings (SSSR count). The van der Waals surface area contributed by atoms with Gasteiger partial charge in [-0.1, -0.05) is 60.7 Å². The Bertz CT molecular complexity index is 1300. The molecule has 2 heterocycles. The van der Waals surface area contributed by atoms with Crippen LogP contribution in [0.1, 0.15) is 42.1 Å². The first kappa shape index (κ1) is 22.5. The first-order chi connectivity index (χ1) is 16.7. The van der Waals surface area contributed by atoms with Gasteiger partial charge >= 0.3 is 0 Å². The molecular formula is C29H30FN3O. The summed E-state index contributed by atoms with van der Waals surface area (Å²) in [5.74, 6) is -0.248. The number of hydrogen-bond acceptors (Lipinski definition) is 3. The zero-order chi connectivity index (χ0) is 23.3. The van der Waals surface area contributed by atoms with Crippen LogP contribution in [0.15, 0.2) is 83.7 Å². The van der Waals surface area contributed by atoms with E-state index in [1.54, 1.807) is 16.8 Å². The maximum absolute atomic E-state index is 13.4. The quantitative estimate of drug-likeness (QED) is 0.391. The Morgan fingerprint density at radius 1 is 0.824 bits per heavy atom. The molecule has 1 aromatic heterocycles. The van der Waals surface area contributed by atoms with Crippen LogP contribution >= 0.6 is 0 Å². The zero-order valence-corrected chi connectivity index (χ0v) is 19.4. The van der Waals surface area contributed by atoms with Gasteiger partial charge in [0, 0.05) is 24.9 Å². The number of rotatable bonds is 6. The molecule has 1 atom stereocenters. The van der Waals surface area contributed by atoms with Crippen LogP contribution in [-0.2, 0) is 12.8 Å². The van der Waals surface area contributed by atoms with Crippen molar-refractivity contribution >= 4 is 10.8 Å². The third-order valence-electron chi connectivity index (χ3n) is 6.89. The van der Waals surface area contributed by atoms with E-state index in [0.717, 1.165) is 62.0 Å². The van der Waals surface area contributed by atoms with Crippen LogP contribution in [0.25, 0.3) is 10.8 Å². The van der Waals surface area contributed by atoms with Crippen molar-refractivity contribution in [3.05, 3.63) is 112 Å². The fourth-order valence-electron chi connectivity index (χ4n) is 4.99. The van der Waals surface area contributed by atoms with E-state index in [-0.39, 0.29) is 17.4 Å². The highest BCUT2D eigenvalue weighted by Crippen LogP contribution is 2.24. The van der Waals surface area contributed by atoms with Gasteiger partial charge in [0.2, 0.25) is 0 Å². The molecular weight excluding hydrogens is 425 g/mol. The van der Waals surface area contributed by atoms with Crippen molar-refractivity contribution in [3.8, 4) is 0 Å². The molecule has 0 aliphatic carbocycles. The summed E-state index contributed by atoms with van der Waals surface area (Å²) in [4.78, 5) is 15.9. The Morgan fingerprint density at radius 3 is 2.35 bits per heavy atom. The van der Waals surface area contributed by atoms with Crippen LogP contribution in [0, 0.1) is 5.82 Å². The van der Waals surface area contributed by atoms with Crippen LogP contribution in [0.5, 0.6) is 0 Å². The van der Waals surface area contributed by atoms with Crippen molar-refractivity contribution in [3.63, 3.8) is 0 Å². The highest BCUT2D eigenvalue weighted by atomic mass is 19.1. The Kier molecular flexibility index (Phi) is 6.82. The molecule has 3 aromatic carbocycles.